The lowest BCUT2D eigenvalue weighted by atomic mass is 9.94. The van der Waals surface area contributed by atoms with Crippen molar-refractivity contribution in [2.24, 2.45) is 5.92 Å². The van der Waals surface area contributed by atoms with Crippen molar-refractivity contribution in [3.8, 4) is 0 Å². The van der Waals surface area contributed by atoms with Crippen LogP contribution in [0, 0.1) is 5.92 Å². The van der Waals surface area contributed by atoms with E-state index in [0.29, 0.717) is 6.04 Å². The molecule has 96 valence electrons. The molecule has 0 N–H and O–H groups in total. The van der Waals surface area contributed by atoms with E-state index in [9.17, 15) is 0 Å². The molecule has 1 nitrogen and oxygen atoms in total. The third-order valence-corrected chi connectivity index (χ3v) is 5.12. The molecule has 1 aliphatic rings. The summed E-state index contributed by atoms with van der Waals surface area (Å²) in [6.07, 6.45) is 3.84. The van der Waals surface area contributed by atoms with Crippen LogP contribution in [0.2, 0.25) is 0 Å². The molecule has 0 bridgehead atoms. The van der Waals surface area contributed by atoms with Gasteiger partial charge in [-0.2, -0.15) is 0 Å². The lowest BCUT2D eigenvalue weighted by Crippen LogP contribution is -2.35. The summed E-state index contributed by atoms with van der Waals surface area (Å²) >= 11 is 1.98. The second-order valence-electron chi connectivity index (χ2n) is 5.69. The van der Waals surface area contributed by atoms with Crippen molar-refractivity contribution in [2.75, 3.05) is 6.54 Å². The van der Waals surface area contributed by atoms with Crippen LogP contribution >= 0.6 is 11.3 Å². The van der Waals surface area contributed by atoms with Gasteiger partial charge >= 0.3 is 0 Å². The van der Waals surface area contributed by atoms with Crippen LogP contribution in [0.5, 0.6) is 0 Å². The maximum absolute atomic E-state index is 2.59. The zero-order chi connectivity index (χ0) is 12.4. The smallest absolute Gasteiger partial charge is 0.0333 e. The third kappa shape index (κ3) is 2.92. The highest BCUT2D eigenvalue weighted by Crippen LogP contribution is 2.31. The molecule has 1 aliphatic heterocycles. The second-order valence-corrected chi connectivity index (χ2v) is 6.66. The Morgan fingerprint density at radius 1 is 1.35 bits per heavy atom. The lowest BCUT2D eigenvalue weighted by Gasteiger charge is -2.30. The molecule has 1 aromatic heterocycles. The molecule has 0 saturated carbocycles. The van der Waals surface area contributed by atoms with E-state index in [-0.39, 0.29) is 0 Å². The summed E-state index contributed by atoms with van der Waals surface area (Å²) in [6.45, 7) is 11.7. The Labute approximate surface area is 110 Å². The molecule has 0 saturated heterocycles. The van der Waals surface area contributed by atoms with Crippen LogP contribution in [0.15, 0.2) is 5.38 Å². The number of hydrogen-bond acceptors (Lipinski definition) is 2. The Hall–Kier alpha value is -0.340. The minimum absolute atomic E-state index is 0.684. The number of fused-ring (bicyclic) bond motifs is 1. The fraction of sp³-hybridized carbons (Fsp3) is 0.733. The highest BCUT2D eigenvalue weighted by Gasteiger charge is 2.22. The van der Waals surface area contributed by atoms with Crippen LogP contribution in [0.25, 0.3) is 0 Å². The van der Waals surface area contributed by atoms with Gasteiger partial charge in [-0.05, 0) is 49.1 Å². The van der Waals surface area contributed by atoms with Gasteiger partial charge in [0.25, 0.3) is 0 Å². The van der Waals surface area contributed by atoms with Crippen LogP contribution in [0.1, 0.15) is 50.1 Å². The largest absolute Gasteiger partial charge is 0.296 e. The Morgan fingerprint density at radius 2 is 2.12 bits per heavy atom. The molecule has 0 aromatic carbocycles. The molecule has 2 heteroatoms. The van der Waals surface area contributed by atoms with Crippen molar-refractivity contribution >= 4 is 11.3 Å². The number of nitrogens with zero attached hydrogens (tertiary/aromatic N) is 1. The zero-order valence-electron chi connectivity index (χ0n) is 11.6. The molecule has 0 fully saturated rings. The summed E-state index contributed by atoms with van der Waals surface area (Å²) in [5, 5.41) is 2.42. The van der Waals surface area contributed by atoms with Gasteiger partial charge in [0.15, 0.2) is 0 Å². The van der Waals surface area contributed by atoms with E-state index in [1.54, 1.807) is 16.0 Å². The first kappa shape index (κ1) is 13.1. The lowest BCUT2D eigenvalue weighted by molar-refractivity contribution is 0.206. The van der Waals surface area contributed by atoms with Crippen LogP contribution in [-0.2, 0) is 19.4 Å². The molecular weight excluding hydrogens is 226 g/mol. The minimum atomic E-state index is 0.684. The topological polar surface area (TPSA) is 3.24 Å². The predicted molar refractivity (Wildman–Crippen MR) is 76.7 cm³/mol. The van der Waals surface area contributed by atoms with E-state index in [0.717, 1.165) is 5.92 Å². The fourth-order valence-electron chi connectivity index (χ4n) is 2.55. The average Bonchev–Trinajstić information content (AvgIpc) is 2.71. The second kappa shape index (κ2) is 5.53. The average molecular weight is 251 g/mol. The summed E-state index contributed by atoms with van der Waals surface area (Å²) in [7, 11) is 0. The predicted octanol–water partition coefficient (Wildman–Crippen LogP) is 4.10. The van der Waals surface area contributed by atoms with Crippen LogP contribution < -0.4 is 0 Å². The van der Waals surface area contributed by atoms with Crippen molar-refractivity contribution in [1.82, 2.24) is 4.90 Å². The van der Waals surface area contributed by atoms with Gasteiger partial charge in [0, 0.05) is 24.0 Å². The van der Waals surface area contributed by atoms with E-state index >= 15 is 0 Å². The number of hydrogen-bond donors (Lipinski definition) is 0. The molecule has 0 radical (unpaired) electrons. The van der Waals surface area contributed by atoms with Gasteiger partial charge in [-0.25, -0.2) is 0 Å². The first-order chi connectivity index (χ1) is 8.11. The highest BCUT2D eigenvalue weighted by atomic mass is 32.1. The number of thiophene rings is 1. The van der Waals surface area contributed by atoms with E-state index in [1.165, 1.54) is 32.4 Å². The van der Waals surface area contributed by atoms with E-state index in [2.05, 4.69) is 38.0 Å². The van der Waals surface area contributed by atoms with Gasteiger partial charge in [0.05, 0.1) is 0 Å². The van der Waals surface area contributed by atoms with Crippen LogP contribution in [0.4, 0.5) is 0 Å². The standard InChI is InChI=1S/C15H25NS/c1-5-12(4)8-13-10-17-15-9-16(11(2)3)7-6-14(13)15/h10-12H,5-9H2,1-4H3. The molecule has 0 amide bonds. The molecule has 1 aromatic rings. The summed E-state index contributed by atoms with van der Waals surface area (Å²) in [5.74, 6) is 0.830. The van der Waals surface area contributed by atoms with Gasteiger partial charge in [-0.1, -0.05) is 20.3 Å². The minimum Gasteiger partial charge on any atom is -0.296 e. The summed E-state index contributed by atoms with van der Waals surface area (Å²) < 4.78 is 0. The Morgan fingerprint density at radius 3 is 2.76 bits per heavy atom. The molecule has 0 aliphatic carbocycles. The SMILES string of the molecule is CCC(C)Cc1csc2c1CCN(C(C)C)C2. The summed E-state index contributed by atoms with van der Waals surface area (Å²) in [5.41, 5.74) is 3.33. The number of rotatable bonds is 4. The molecule has 2 heterocycles. The van der Waals surface area contributed by atoms with Gasteiger partial charge in [0.1, 0.15) is 0 Å². The maximum atomic E-state index is 2.59. The first-order valence-corrected chi connectivity index (χ1v) is 7.82. The van der Waals surface area contributed by atoms with Gasteiger partial charge in [0.2, 0.25) is 0 Å². The molecule has 0 spiro atoms. The maximum Gasteiger partial charge on any atom is 0.0333 e. The molecular formula is C15H25NS. The highest BCUT2D eigenvalue weighted by molar-refractivity contribution is 7.10. The fourth-order valence-corrected chi connectivity index (χ4v) is 3.69. The molecule has 1 atom stereocenters. The van der Waals surface area contributed by atoms with Crippen molar-refractivity contribution in [3.05, 3.63) is 21.4 Å². The van der Waals surface area contributed by atoms with Gasteiger partial charge in [-0.15, -0.1) is 11.3 Å². The van der Waals surface area contributed by atoms with Gasteiger partial charge < -0.3 is 0 Å². The normalized spacial score (nSPS) is 18.4. The summed E-state index contributed by atoms with van der Waals surface area (Å²) in [6, 6.07) is 0.684. The zero-order valence-corrected chi connectivity index (χ0v) is 12.4. The Kier molecular flexibility index (Phi) is 4.26. The van der Waals surface area contributed by atoms with Crippen molar-refractivity contribution < 1.29 is 0 Å². The monoisotopic (exact) mass is 251 g/mol. The molecule has 2 rings (SSSR count). The molecule has 17 heavy (non-hydrogen) atoms. The molecule has 1 unspecified atom stereocenters. The van der Waals surface area contributed by atoms with E-state index < -0.39 is 0 Å². The van der Waals surface area contributed by atoms with Crippen molar-refractivity contribution in [3.63, 3.8) is 0 Å². The summed E-state index contributed by atoms with van der Waals surface area (Å²) in [4.78, 5) is 4.22. The van der Waals surface area contributed by atoms with E-state index in [4.69, 9.17) is 0 Å². The van der Waals surface area contributed by atoms with Gasteiger partial charge in [-0.3, -0.25) is 4.90 Å². The van der Waals surface area contributed by atoms with Crippen LogP contribution in [0.3, 0.4) is 0 Å². The van der Waals surface area contributed by atoms with Crippen molar-refractivity contribution in [1.29, 1.82) is 0 Å². The van der Waals surface area contributed by atoms with Crippen molar-refractivity contribution in [2.45, 2.75) is 59.5 Å². The Balaban J connectivity index is 2.10. The Bertz CT molecular complexity index is 367. The van der Waals surface area contributed by atoms with E-state index in [1.807, 2.05) is 11.3 Å². The quantitative estimate of drug-likeness (QED) is 0.778. The van der Waals surface area contributed by atoms with Crippen LogP contribution in [-0.4, -0.2) is 17.5 Å². The third-order valence-electron chi connectivity index (χ3n) is 4.06. The first-order valence-electron chi connectivity index (χ1n) is 6.94.